The second kappa shape index (κ2) is 6.82. The molecule has 0 saturated carbocycles. The fraction of sp³-hybridized carbons (Fsp3) is 0.364. The summed E-state index contributed by atoms with van der Waals surface area (Å²) >= 11 is 1.41. The molecule has 1 heterocycles. The van der Waals surface area contributed by atoms with Crippen molar-refractivity contribution < 1.29 is 8.42 Å². The van der Waals surface area contributed by atoms with Crippen molar-refractivity contribution in [2.45, 2.75) is 11.7 Å². The minimum atomic E-state index is -3.15. The van der Waals surface area contributed by atoms with Crippen molar-refractivity contribution in [2.75, 3.05) is 18.6 Å². The van der Waals surface area contributed by atoms with Crippen LogP contribution in [0.1, 0.15) is 5.56 Å². The normalized spacial score (nSPS) is 11.7. The Hall–Kier alpha value is -1.45. The molecule has 0 atom stereocenters. The van der Waals surface area contributed by atoms with Crippen LogP contribution in [0.5, 0.6) is 0 Å². The number of thioether (sulfide) groups is 1. The number of rotatable bonds is 7. The molecule has 0 bridgehead atoms. The Bertz CT molecular complexity index is 642. The molecular formula is C11H15N5O2S2. The largest absolute Gasteiger partial charge is 0.216 e. The quantitative estimate of drug-likeness (QED) is 0.586. The third-order valence-corrected chi connectivity index (χ3v) is 4.06. The summed E-state index contributed by atoms with van der Waals surface area (Å²) in [7, 11) is -3.15. The molecule has 2 rings (SSSR count). The zero-order valence-corrected chi connectivity index (χ0v) is 12.6. The van der Waals surface area contributed by atoms with Crippen LogP contribution >= 0.6 is 11.8 Å². The molecule has 0 aliphatic heterocycles. The highest BCUT2D eigenvalue weighted by molar-refractivity contribution is 7.99. The first-order chi connectivity index (χ1) is 9.54. The van der Waals surface area contributed by atoms with Gasteiger partial charge >= 0.3 is 0 Å². The van der Waals surface area contributed by atoms with Gasteiger partial charge in [-0.1, -0.05) is 42.1 Å². The van der Waals surface area contributed by atoms with Gasteiger partial charge in [0.15, 0.2) is 0 Å². The van der Waals surface area contributed by atoms with Crippen molar-refractivity contribution in [1.82, 2.24) is 24.9 Å². The van der Waals surface area contributed by atoms with Crippen molar-refractivity contribution in [3.05, 3.63) is 35.9 Å². The van der Waals surface area contributed by atoms with E-state index in [1.807, 2.05) is 30.3 Å². The predicted octanol–water partition coefficient (Wildman–Crippen LogP) is 0.363. The summed E-state index contributed by atoms with van der Waals surface area (Å²) < 4.78 is 26.0. The first-order valence-corrected chi connectivity index (χ1v) is 8.80. The van der Waals surface area contributed by atoms with E-state index in [0.717, 1.165) is 11.8 Å². The molecule has 0 fully saturated rings. The van der Waals surface area contributed by atoms with Crippen LogP contribution in [-0.4, -0.2) is 47.2 Å². The molecule has 9 heteroatoms. The van der Waals surface area contributed by atoms with Gasteiger partial charge in [0, 0.05) is 12.3 Å². The Morgan fingerprint density at radius 2 is 2.05 bits per heavy atom. The van der Waals surface area contributed by atoms with Crippen molar-refractivity contribution >= 4 is 21.8 Å². The molecular weight excluding hydrogens is 298 g/mol. The van der Waals surface area contributed by atoms with Gasteiger partial charge in [0.1, 0.15) is 0 Å². The lowest BCUT2D eigenvalue weighted by Gasteiger charge is -2.04. The summed E-state index contributed by atoms with van der Waals surface area (Å²) in [4.78, 5) is 0. The van der Waals surface area contributed by atoms with Crippen molar-refractivity contribution in [2.24, 2.45) is 0 Å². The number of nitrogens with one attached hydrogen (secondary N) is 1. The average molecular weight is 313 g/mol. The minimum absolute atomic E-state index is 0.349. The predicted molar refractivity (Wildman–Crippen MR) is 76.9 cm³/mol. The number of tetrazole rings is 1. The maximum atomic E-state index is 10.9. The summed E-state index contributed by atoms with van der Waals surface area (Å²) in [6.45, 7) is 0.942. The van der Waals surface area contributed by atoms with Crippen molar-refractivity contribution in [3.63, 3.8) is 0 Å². The third-order valence-electron chi connectivity index (χ3n) is 2.37. The first-order valence-electron chi connectivity index (χ1n) is 5.92. The number of sulfonamides is 1. The van der Waals surface area contributed by atoms with Gasteiger partial charge in [-0.25, -0.2) is 17.8 Å². The number of hydrogen-bond acceptors (Lipinski definition) is 6. The SMILES string of the molecule is CS(=O)(=O)NCCSc1nnnn1Cc1ccccc1. The smallest absolute Gasteiger partial charge is 0.209 e. The molecule has 0 spiro atoms. The maximum absolute atomic E-state index is 10.9. The molecule has 1 aromatic carbocycles. The Morgan fingerprint density at radius 1 is 1.30 bits per heavy atom. The Balaban J connectivity index is 1.89. The van der Waals surface area contributed by atoms with Gasteiger partial charge in [-0.3, -0.25) is 0 Å². The fourth-order valence-corrected chi connectivity index (χ4v) is 2.86. The molecule has 20 heavy (non-hydrogen) atoms. The molecule has 7 nitrogen and oxygen atoms in total. The van der Waals surface area contributed by atoms with E-state index in [2.05, 4.69) is 20.2 Å². The Morgan fingerprint density at radius 3 is 2.75 bits per heavy atom. The summed E-state index contributed by atoms with van der Waals surface area (Å²) in [6, 6.07) is 9.88. The molecule has 0 aliphatic carbocycles. The number of hydrogen-bond donors (Lipinski definition) is 1. The Labute approximate surface area is 121 Å². The lowest BCUT2D eigenvalue weighted by molar-refractivity contribution is 0.590. The highest BCUT2D eigenvalue weighted by Gasteiger charge is 2.08. The molecule has 0 unspecified atom stereocenters. The van der Waals surface area contributed by atoms with Gasteiger partial charge < -0.3 is 0 Å². The van der Waals surface area contributed by atoms with Gasteiger partial charge in [0.05, 0.1) is 12.8 Å². The number of aromatic nitrogens is 4. The fourth-order valence-electron chi connectivity index (χ4n) is 1.52. The monoisotopic (exact) mass is 313 g/mol. The molecule has 0 saturated heterocycles. The molecule has 1 N–H and O–H groups in total. The maximum Gasteiger partial charge on any atom is 0.209 e. The summed E-state index contributed by atoms with van der Waals surface area (Å²) in [5.74, 6) is 0.572. The zero-order chi connectivity index (χ0) is 14.4. The van der Waals surface area contributed by atoms with E-state index in [-0.39, 0.29) is 0 Å². The van der Waals surface area contributed by atoms with Crippen LogP contribution in [-0.2, 0) is 16.6 Å². The summed E-state index contributed by atoms with van der Waals surface area (Å²) in [5, 5.41) is 12.2. The van der Waals surface area contributed by atoms with Crippen LogP contribution in [0.25, 0.3) is 0 Å². The number of nitrogens with zero attached hydrogens (tertiary/aromatic N) is 4. The highest BCUT2D eigenvalue weighted by Crippen LogP contribution is 2.14. The van der Waals surface area contributed by atoms with Gasteiger partial charge in [-0.05, 0) is 16.0 Å². The topological polar surface area (TPSA) is 89.8 Å². The Kier molecular flexibility index (Phi) is 5.10. The zero-order valence-electron chi connectivity index (χ0n) is 10.9. The van der Waals surface area contributed by atoms with Gasteiger partial charge in [0.25, 0.3) is 0 Å². The van der Waals surface area contributed by atoms with E-state index in [9.17, 15) is 8.42 Å². The van der Waals surface area contributed by atoms with Crippen LogP contribution in [0.4, 0.5) is 0 Å². The first kappa shape index (κ1) is 14.9. The molecule has 2 aromatic rings. The summed E-state index contributed by atoms with van der Waals surface area (Å²) in [5.41, 5.74) is 1.11. The van der Waals surface area contributed by atoms with Gasteiger partial charge in [-0.15, -0.1) is 5.10 Å². The van der Waals surface area contributed by atoms with Crippen LogP contribution < -0.4 is 4.72 Å². The minimum Gasteiger partial charge on any atom is -0.216 e. The molecule has 0 amide bonds. The van der Waals surface area contributed by atoms with Gasteiger partial charge in [0.2, 0.25) is 15.2 Å². The van der Waals surface area contributed by atoms with Crippen molar-refractivity contribution in [3.8, 4) is 0 Å². The van der Waals surface area contributed by atoms with Gasteiger partial charge in [-0.2, -0.15) is 0 Å². The second-order valence-corrected chi connectivity index (χ2v) is 7.01. The summed E-state index contributed by atoms with van der Waals surface area (Å²) in [6.07, 6.45) is 1.14. The van der Waals surface area contributed by atoms with Crippen molar-refractivity contribution in [1.29, 1.82) is 0 Å². The lowest BCUT2D eigenvalue weighted by Crippen LogP contribution is -2.24. The van der Waals surface area contributed by atoms with E-state index < -0.39 is 10.0 Å². The standard InChI is InChI=1S/C11H15N5O2S2/c1-20(17,18)12-7-8-19-11-13-14-15-16(11)9-10-5-3-2-4-6-10/h2-6,12H,7-9H2,1H3. The lowest BCUT2D eigenvalue weighted by atomic mass is 10.2. The van der Waals surface area contributed by atoms with E-state index in [1.54, 1.807) is 4.68 Å². The molecule has 108 valence electrons. The average Bonchev–Trinajstić information content (AvgIpc) is 2.82. The highest BCUT2D eigenvalue weighted by atomic mass is 32.2. The van der Waals surface area contributed by atoms with E-state index in [0.29, 0.717) is 24.0 Å². The number of benzene rings is 1. The van der Waals surface area contributed by atoms with Crippen LogP contribution in [0, 0.1) is 0 Å². The third kappa shape index (κ3) is 4.91. The molecule has 0 aliphatic rings. The van der Waals surface area contributed by atoms with Crippen LogP contribution in [0.3, 0.4) is 0 Å². The van der Waals surface area contributed by atoms with Crippen LogP contribution in [0.2, 0.25) is 0 Å². The molecule has 0 radical (unpaired) electrons. The second-order valence-electron chi connectivity index (χ2n) is 4.12. The van der Waals surface area contributed by atoms with Crippen LogP contribution in [0.15, 0.2) is 35.5 Å². The van der Waals surface area contributed by atoms with E-state index >= 15 is 0 Å². The van der Waals surface area contributed by atoms with E-state index in [4.69, 9.17) is 0 Å². The van der Waals surface area contributed by atoms with E-state index in [1.165, 1.54) is 11.8 Å². The molecule has 1 aromatic heterocycles.